The summed E-state index contributed by atoms with van der Waals surface area (Å²) in [5.74, 6) is 0.674. The van der Waals surface area contributed by atoms with Gasteiger partial charge in [-0.05, 0) is 57.5 Å². The lowest BCUT2D eigenvalue weighted by Gasteiger charge is -2.14. The Kier molecular flexibility index (Phi) is 4.62. The van der Waals surface area contributed by atoms with Gasteiger partial charge in [-0.2, -0.15) is 5.10 Å². The number of fused-ring (bicyclic) bond motifs is 1. The third-order valence-electron chi connectivity index (χ3n) is 3.93. The van der Waals surface area contributed by atoms with Gasteiger partial charge in [0.25, 0.3) is 10.0 Å². The van der Waals surface area contributed by atoms with E-state index in [-0.39, 0.29) is 11.0 Å². The van der Waals surface area contributed by atoms with Gasteiger partial charge in [-0.3, -0.25) is 9.40 Å². The molecule has 2 heterocycles. The second-order valence-corrected chi connectivity index (χ2v) is 8.19. The minimum atomic E-state index is -3.73. The van der Waals surface area contributed by atoms with Crippen LogP contribution in [0.3, 0.4) is 0 Å². The summed E-state index contributed by atoms with van der Waals surface area (Å²) < 4.78 is 35.3. The van der Waals surface area contributed by atoms with E-state index in [9.17, 15) is 8.42 Å². The molecule has 0 amide bonds. The van der Waals surface area contributed by atoms with Crippen molar-refractivity contribution in [1.82, 2.24) is 14.8 Å². The Morgan fingerprint density at radius 1 is 1.19 bits per heavy atom. The van der Waals surface area contributed by atoms with Crippen LogP contribution in [0.1, 0.15) is 25.1 Å². The smallest absolute Gasteiger partial charge is 0.261 e. The Hall–Kier alpha value is -2.61. The van der Waals surface area contributed by atoms with Crippen LogP contribution in [0.25, 0.3) is 11.0 Å². The van der Waals surface area contributed by atoms with E-state index < -0.39 is 10.0 Å². The first-order valence-electron chi connectivity index (χ1n) is 8.27. The molecule has 138 valence electrons. The maximum atomic E-state index is 12.7. The van der Waals surface area contributed by atoms with E-state index in [0.29, 0.717) is 17.1 Å². The molecule has 3 aromatic rings. The van der Waals surface area contributed by atoms with E-state index in [1.54, 1.807) is 29.9 Å². The first-order chi connectivity index (χ1) is 12.2. The maximum Gasteiger partial charge on any atom is 0.261 e. The second-order valence-electron chi connectivity index (χ2n) is 6.50. The quantitative estimate of drug-likeness (QED) is 0.741. The Balaban J connectivity index is 1.91. The molecule has 0 aliphatic heterocycles. The first-order valence-corrected chi connectivity index (χ1v) is 9.75. The molecule has 0 bridgehead atoms. The van der Waals surface area contributed by atoms with E-state index in [4.69, 9.17) is 4.74 Å². The number of nitrogens with zero attached hydrogens (tertiary/aromatic N) is 3. The van der Waals surface area contributed by atoms with Crippen LogP contribution in [-0.2, 0) is 17.1 Å². The minimum Gasteiger partial charge on any atom is -0.491 e. The van der Waals surface area contributed by atoms with Crippen molar-refractivity contribution in [3.8, 4) is 5.75 Å². The van der Waals surface area contributed by atoms with Crippen LogP contribution >= 0.6 is 0 Å². The zero-order valence-corrected chi connectivity index (χ0v) is 16.3. The largest absolute Gasteiger partial charge is 0.491 e. The summed E-state index contributed by atoms with van der Waals surface area (Å²) >= 11 is 0. The van der Waals surface area contributed by atoms with Crippen LogP contribution < -0.4 is 9.46 Å². The van der Waals surface area contributed by atoms with E-state index in [2.05, 4.69) is 14.8 Å². The Morgan fingerprint density at radius 2 is 1.92 bits per heavy atom. The number of hydrogen-bond acceptors (Lipinski definition) is 5. The Labute approximate surface area is 153 Å². The van der Waals surface area contributed by atoms with Crippen molar-refractivity contribution < 1.29 is 13.2 Å². The van der Waals surface area contributed by atoms with Crippen LogP contribution in [0, 0.1) is 13.8 Å². The van der Waals surface area contributed by atoms with Gasteiger partial charge in [-0.1, -0.05) is 0 Å². The lowest BCUT2D eigenvalue weighted by Crippen LogP contribution is -2.14. The van der Waals surface area contributed by atoms with Crippen LogP contribution in [-0.4, -0.2) is 29.3 Å². The van der Waals surface area contributed by atoms with Crippen molar-refractivity contribution in [2.24, 2.45) is 7.05 Å². The molecule has 1 aromatic carbocycles. The molecule has 3 rings (SSSR count). The number of sulfonamides is 1. The van der Waals surface area contributed by atoms with Crippen molar-refractivity contribution in [3.63, 3.8) is 0 Å². The van der Waals surface area contributed by atoms with Gasteiger partial charge in [0.15, 0.2) is 5.65 Å². The molecule has 0 spiro atoms. The number of ether oxygens (including phenoxy) is 1. The third-order valence-corrected chi connectivity index (χ3v) is 5.31. The van der Waals surface area contributed by atoms with Crippen molar-refractivity contribution in [1.29, 1.82) is 0 Å². The molecule has 0 aliphatic carbocycles. The van der Waals surface area contributed by atoms with Gasteiger partial charge in [-0.25, -0.2) is 13.4 Å². The molecule has 8 heteroatoms. The fourth-order valence-corrected chi connectivity index (χ4v) is 3.87. The highest BCUT2D eigenvalue weighted by Crippen LogP contribution is 2.25. The van der Waals surface area contributed by atoms with E-state index in [1.807, 2.05) is 27.7 Å². The number of anilines is 1. The average molecular weight is 374 g/mol. The summed E-state index contributed by atoms with van der Waals surface area (Å²) in [6.45, 7) is 7.53. The average Bonchev–Trinajstić information content (AvgIpc) is 2.82. The highest BCUT2D eigenvalue weighted by molar-refractivity contribution is 7.92. The number of aromatic nitrogens is 3. The third kappa shape index (κ3) is 3.50. The predicted molar refractivity (Wildman–Crippen MR) is 101 cm³/mol. The van der Waals surface area contributed by atoms with E-state index in [0.717, 1.165) is 16.6 Å². The summed E-state index contributed by atoms with van der Waals surface area (Å²) in [5.41, 5.74) is 2.66. The van der Waals surface area contributed by atoms with Gasteiger partial charge >= 0.3 is 0 Å². The molecule has 0 fully saturated rings. The molecular weight excluding hydrogens is 352 g/mol. The number of nitrogens with one attached hydrogen (secondary N) is 1. The topological polar surface area (TPSA) is 86.1 Å². The summed E-state index contributed by atoms with van der Waals surface area (Å²) in [7, 11) is -1.93. The molecule has 26 heavy (non-hydrogen) atoms. The SMILES string of the molecule is Cc1cc(S(=O)(=O)Nc2cnc3c(c2)c(C)nn3C)ccc1OC(C)C. The van der Waals surface area contributed by atoms with Crippen molar-refractivity contribution in [2.75, 3.05) is 4.72 Å². The molecule has 7 nitrogen and oxygen atoms in total. The van der Waals surface area contributed by atoms with Crippen LogP contribution in [0.2, 0.25) is 0 Å². The van der Waals surface area contributed by atoms with Crippen LogP contribution in [0.4, 0.5) is 5.69 Å². The van der Waals surface area contributed by atoms with Gasteiger partial charge < -0.3 is 4.74 Å². The molecule has 0 atom stereocenters. The predicted octanol–water partition coefficient (Wildman–Crippen LogP) is 3.17. The fraction of sp³-hybridized carbons (Fsp3) is 0.333. The van der Waals surface area contributed by atoms with E-state index in [1.165, 1.54) is 12.3 Å². The highest BCUT2D eigenvalue weighted by atomic mass is 32.2. The number of pyridine rings is 1. The fourth-order valence-electron chi connectivity index (χ4n) is 2.75. The molecule has 1 N–H and O–H groups in total. The second kappa shape index (κ2) is 6.60. The Bertz CT molecular complexity index is 1070. The van der Waals surface area contributed by atoms with Crippen LogP contribution in [0.15, 0.2) is 35.4 Å². The van der Waals surface area contributed by atoms with Gasteiger partial charge in [0.1, 0.15) is 5.75 Å². The minimum absolute atomic E-state index is 0.0230. The summed E-state index contributed by atoms with van der Waals surface area (Å²) in [5, 5.41) is 5.10. The number of benzene rings is 1. The summed E-state index contributed by atoms with van der Waals surface area (Å²) in [4.78, 5) is 4.47. The summed E-state index contributed by atoms with van der Waals surface area (Å²) in [6.07, 6.45) is 1.51. The lowest BCUT2D eigenvalue weighted by molar-refractivity contribution is 0.240. The van der Waals surface area contributed by atoms with Gasteiger partial charge in [-0.15, -0.1) is 0 Å². The normalized spacial score (nSPS) is 11.9. The molecule has 0 unspecified atom stereocenters. The molecular formula is C18H22N4O3S. The van der Waals surface area contributed by atoms with Crippen molar-refractivity contribution >= 4 is 26.7 Å². The Morgan fingerprint density at radius 3 is 2.58 bits per heavy atom. The molecule has 2 aromatic heterocycles. The zero-order chi connectivity index (χ0) is 19.1. The van der Waals surface area contributed by atoms with E-state index >= 15 is 0 Å². The summed E-state index contributed by atoms with van der Waals surface area (Å²) in [6, 6.07) is 6.55. The van der Waals surface area contributed by atoms with Crippen molar-refractivity contribution in [2.45, 2.75) is 38.7 Å². The number of aryl methyl sites for hydroxylation is 3. The van der Waals surface area contributed by atoms with Crippen molar-refractivity contribution in [3.05, 3.63) is 41.7 Å². The lowest BCUT2D eigenvalue weighted by atomic mass is 10.2. The van der Waals surface area contributed by atoms with Gasteiger partial charge in [0.2, 0.25) is 0 Å². The highest BCUT2D eigenvalue weighted by Gasteiger charge is 2.17. The molecule has 0 saturated heterocycles. The first kappa shape index (κ1) is 18.2. The molecule has 0 aliphatic rings. The number of hydrogen-bond donors (Lipinski definition) is 1. The zero-order valence-electron chi connectivity index (χ0n) is 15.4. The monoisotopic (exact) mass is 374 g/mol. The van der Waals surface area contributed by atoms with Gasteiger partial charge in [0, 0.05) is 12.4 Å². The molecule has 0 saturated carbocycles. The maximum absolute atomic E-state index is 12.7. The van der Waals surface area contributed by atoms with Gasteiger partial charge in [0.05, 0.1) is 28.6 Å². The van der Waals surface area contributed by atoms with Crippen LogP contribution in [0.5, 0.6) is 5.75 Å². The molecule has 0 radical (unpaired) electrons. The standard InChI is InChI=1S/C18H22N4O3S/c1-11(2)25-17-7-6-15(8-12(17)3)26(23,24)21-14-9-16-13(4)20-22(5)18(16)19-10-14/h6-11,21H,1-5H3. The number of rotatable bonds is 5.